The lowest BCUT2D eigenvalue weighted by Gasteiger charge is -2.00. The van der Waals surface area contributed by atoms with Crippen LogP contribution in [0.4, 0.5) is 0 Å². The maximum atomic E-state index is 10.8. The number of aryl methyl sites for hydroxylation is 2. The number of hydrogen-bond donors (Lipinski definition) is 0. The molecule has 0 unspecified atom stereocenters. The van der Waals surface area contributed by atoms with Crippen molar-refractivity contribution >= 4 is 55.1 Å². The summed E-state index contributed by atoms with van der Waals surface area (Å²) >= 11 is 17.5. The molecule has 8 heteroatoms. The molecule has 0 aliphatic heterocycles. The second-order valence-corrected chi connectivity index (χ2v) is 6.46. The fourth-order valence-electron chi connectivity index (χ4n) is 1.29. The average Bonchev–Trinajstić information content (AvgIpc) is 2.33. The van der Waals surface area contributed by atoms with E-state index in [1.54, 1.807) is 26.0 Å². The maximum Gasteiger partial charge on any atom is 0.289 e. The summed E-state index contributed by atoms with van der Waals surface area (Å²) in [6, 6.07) is 3.58. The molecular formula is C12H10Br2Cl2N2O2. The van der Waals surface area contributed by atoms with Gasteiger partial charge < -0.3 is 10.4 Å². The normalized spacial score (nSPS) is 9.90. The van der Waals surface area contributed by atoms with Crippen molar-refractivity contribution in [2.24, 2.45) is 0 Å². The number of halogens is 4. The summed E-state index contributed by atoms with van der Waals surface area (Å²) in [6.45, 7) is 3.56. The minimum absolute atomic E-state index is 0.225. The second kappa shape index (κ2) is 7.45. The SMILES string of the molecule is Cc1cc(Br)c[n+]([O-])c1Cl.Cc1cc(Br)c[n+]([O-])c1Cl. The van der Waals surface area contributed by atoms with Crippen LogP contribution in [0.3, 0.4) is 0 Å². The Hall–Kier alpha value is -0.560. The first-order valence-electron chi connectivity index (χ1n) is 5.32. The van der Waals surface area contributed by atoms with Gasteiger partial charge in [0.2, 0.25) is 0 Å². The molecule has 0 atom stereocenters. The van der Waals surface area contributed by atoms with Crippen LogP contribution in [0.25, 0.3) is 0 Å². The van der Waals surface area contributed by atoms with Crippen LogP contribution < -0.4 is 9.46 Å². The average molecular weight is 445 g/mol. The summed E-state index contributed by atoms with van der Waals surface area (Å²) in [4.78, 5) is 0. The van der Waals surface area contributed by atoms with E-state index in [0.717, 1.165) is 20.1 Å². The number of rotatable bonds is 0. The number of nitrogens with zero attached hydrogens (tertiary/aromatic N) is 2. The molecule has 0 bridgehead atoms. The molecule has 0 saturated carbocycles. The third-order valence-electron chi connectivity index (χ3n) is 2.23. The summed E-state index contributed by atoms with van der Waals surface area (Å²) in [5, 5.41) is 22.1. The first-order valence-corrected chi connectivity index (χ1v) is 7.66. The van der Waals surface area contributed by atoms with E-state index in [1.807, 2.05) is 0 Å². The Morgan fingerprint density at radius 2 is 1.15 bits per heavy atom. The molecule has 0 aliphatic carbocycles. The monoisotopic (exact) mass is 442 g/mol. The lowest BCUT2D eigenvalue weighted by molar-refractivity contribution is -0.604. The molecule has 0 amide bonds. The van der Waals surface area contributed by atoms with Crippen molar-refractivity contribution in [3.05, 3.63) is 65.3 Å². The predicted octanol–water partition coefficient (Wildman–Crippen LogP) is 4.09. The summed E-state index contributed by atoms with van der Waals surface area (Å²) < 4.78 is 2.73. The highest BCUT2D eigenvalue weighted by molar-refractivity contribution is 9.10. The van der Waals surface area contributed by atoms with Gasteiger partial charge in [0.15, 0.2) is 12.4 Å². The molecular weight excluding hydrogens is 435 g/mol. The highest BCUT2D eigenvalue weighted by Gasteiger charge is 2.06. The number of pyridine rings is 2. The fourth-order valence-corrected chi connectivity index (χ4v) is 2.56. The Labute approximate surface area is 143 Å². The number of hydrogen-bond acceptors (Lipinski definition) is 2. The zero-order valence-electron chi connectivity index (χ0n) is 10.5. The molecule has 2 rings (SSSR count). The van der Waals surface area contributed by atoms with E-state index in [-0.39, 0.29) is 10.3 Å². The Morgan fingerprint density at radius 3 is 1.40 bits per heavy atom. The van der Waals surface area contributed by atoms with Crippen LogP contribution in [0.15, 0.2) is 33.5 Å². The highest BCUT2D eigenvalue weighted by atomic mass is 79.9. The van der Waals surface area contributed by atoms with Crippen molar-refractivity contribution in [2.75, 3.05) is 0 Å². The van der Waals surface area contributed by atoms with Crippen LogP contribution in [0, 0.1) is 24.3 Å². The zero-order chi connectivity index (χ0) is 15.4. The standard InChI is InChI=1S/2C6H5BrClNO/c2*1-4-2-5(7)3-9(10)6(4)8/h2*2-3H,1H3. The van der Waals surface area contributed by atoms with Gasteiger partial charge in [0, 0.05) is 11.1 Å². The summed E-state index contributed by atoms with van der Waals surface area (Å²) in [6.07, 6.45) is 2.74. The molecule has 108 valence electrons. The van der Waals surface area contributed by atoms with E-state index in [9.17, 15) is 10.4 Å². The van der Waals surface area contributed by atoms with Crippen LogP contribution in [-0.4, -0.2) is 0 Å². The number of aromatic nitrogens is 2. The van der Waals surface area contributed by atoms with E-state index < -0.39 is 0 Å². The van der Waals surface area contributed by atoms with Gasteiger partial charge in [-0.05, 0) is 81.0 Å². The molecule has 0 saturated heterocycles. The first kappa shape index (κ1) is 17.5. The predicted molar refractivity (Wildman–Crippen MR) is 85.7 cm³/mol. The summed E-state index contributed by atoms with van der Waals surface area (Å²) in [5.74, 6) is 0. The Kier molecular flexibility index (Phi) is 6.51. The van der Waals surface area contributed by atoms with Crippen LogP contribution in [0.2, 0.25) is 10.3 Å². The third-order valence-corrected chi connectivity index (χ3v) is 4.02. The maximum absolute atomic E-state index is 10.8. The molecule has 0 spiro atoms. The molecule has 0 aromatic carbocycles. The quantitative estimate of drug-likeness (QED) is 0.349. The van der Waals surface area contributed by atoms with Gasteiger partial charge in [0.25, 0.3) is 10.3 Å². The van der Waals surface area contributed by atoms with Gasteiger partial charge in [-0.25, -0.2) is 0 Å². The van der Waals surface area contributed by atoms with E-state index in [0.29, 0.717) is 9.46 Å². The molecule has 2 aromatic heterocycles. The van der Waals surface area contributed by atoms with Gasteiger partial charge in [0.05, 0.1) is 8.95 Å². The Balaban J connectivity index is 0.000000200. The zero-order valence-corrected chi connectivity index (χ0v) is 15.2. The van der Waals surface area contributed by atoms with Crippen molar-refractivity contribution in [3.8, 4) is 0 Å². The highest BCUT2D eigenvalue weighted by Crippen LogP contribution is 2.15. The van der Waals surface area contributed by atoms with Crippen molar-refractivity contribution in [1.29, 1.82) is 0 Å². The van der Waals surface area contributed by atoms with Crippen LogP contribution >= 0.6 is 55.1 Å². The van der Waals surface area contributed by atoms with Crippen LogP contribution in [-0.2, 0) is 0 Å². The Morgan fingerprint density at radius 1 is 0.850 bits per heavy atom. The van der Waals surface area contributed by atoms with Crippen molar-refractivity contribution in [2.45, 2.75) is 13.8 Å². The lowest BCUT2D eigenvalue weighted by atomic mass is 10.3. The minimum atomic E-state index is 0.225. The summed E-state index contributed by atoms with van der Waals surface area (Å²) in [5.41, 5.74) is 1.54. The van der Waals surface area contributed by atoms with Gasteiger partial charge in [-0.2, -0.15) is 9.46 Å². The van der Waals surface area contributed by atoms with E-state index >= 15 is 0 Å². The van der Waals surface area contributed by atoms with E-state index in [1.165, 1.54) is 12.4 Å². The van der Waals surface area contributed by atoms with Crippen LogP contribution in [0.1, 0.15) is 11.1 Å². The van der Waals surface area contributed by atoms with Crippen molar-refractivity contribution in [3.63, 3.8) is 0 Å². The van der Waals surface area contributed by atoms with E-state index in [4.69, 9.17) is 23.2 Å². The Bertz CT molecular complexity index is 537. The molecule has 0 aliphatic rings. The van der Waals surface area contributed by atoms with Gasteiger partial charge in [0.1, 0.15) is 0 Å². The van der Waals surface area contributed by atoms with Gasteiger partial charge >= 0.3 is 0 Å². The minimum Gasteiger partial charge on any atom is -0.618 e. The molecule has 0 N–H and O–H groups in total. The topological polar surface area (TPSA) is 53.9 Å². The molecule has 20 heavy (non-hydrogen) atoms. The first-order chi connectivity index (χ1) is 9.22. The molecule has 2 aromatic rings. The van der Waals surface area contributed by atoms with Gasteiger partial charge in [-0.3, -0.25) is 0 Å². The molecule has 0 radical (unpaired) electrons. The van der Waals surface area contributed by atoms with Crippen molar-refractivity contribution < 1.29 is 9.46 Å². The van der Waals surface area contributed by atoms with Gasteiger partial charge in [-0.1, -0.05) is 0 Å². The molecule has 0 fully saturated rings. The summed E-state index contributed by atoms with van der Waals surface area (Å²) in [7, 11) is 0. The molecule has 2 heterocycles. The molecule has 4 nitrogen and oxygen atoms in total. The fraction of sp³-hybridized carbons (Fsp3) is 0.167. The smallest absolute Gasteiger partial charge is 0.289 e. The lowest BCUT2D eigenvalue weighted by Crippen LogP contribution is -2.27. The second-order valence-electron chi connectivity index (χ2n) is 3.92. The third kappa shape index (κ3) is 4.77. The largest absolute Gasteiger partial charge is 0.618 e. The van der Waals surface area contributed by atoms with Gasteiger partial charge in [-0.15, -0.1) is 0 Å². The van der Waals surface area contributed by atoms with Crippen LogP contribution in [0.5, 0.6) is 0 Å². The van der Waals surface area contributed by atoms with E-state index in [2.05, 4.69) is 31.9 Å². The van der Waals surface area contributed by atoms with Crippen molar-refractivity contribution in [1.82, 2.24) is 0 Å².